The molecule has 1 atom stereocenters. The number of pyridine rings is 1. The SMILES string of the molecule is OC(c1cccnc1)c1c(-c2ccc(F)cc2F)noc1-c1cccc(Cl)c1. The van der Waals surface area contributed by atoms with E-state index in [1.165, 1.54) is 12.3 Å². The minimum atomic E-state index is -1.20. The van der Waals surface area contributed by atoms with Gasteiger partial charge in [0.15, 0.2) is 5.76 Å². The first-order valence-electron chi connectivity index (χ1n) is 8.33. The average Bonchev–Trinajstić information content (AvgIpc) is 3.13. The Morgan fingerprint density at radius 3 is 2.61 bits per heavy atom. The molecule has 0 aliphatic rings. The third-order valence-electron chi connectivity index (χ3n) is 4.27. The number of aliphatic hydroxyl groups excluding tert-OH is 1. The molecule has 2 aromatic carbocycles. The lowest BCUT2D eigenvalue weighted by Crippen LogP contribution is -2.03. The Morgan fingerprint density at radius 1 is 1.04 bits per heavy atom. The molecule has 4 rings (SSSR count). The second kappa shape index (κ2) is 7.50. The van der Waals surface area contributed by atoms with Gasteiger partial charge < -0.3 is 9.63 Å². The summed E-state index contributed by atoms with van der Waals surface area (Å²) in [4.78, 5) is 4.01. The second-order valence-corrected chi connectivity index (χ2v) is 6.53. The summed E-state index contributed by atoms with van der Waals surface area (Å²) in [5, 5.41) is 15.4. The number of benzene rings is 2. The van der Waals surface area contributed by atoms with Crippen LogP contribution in [0, 0.1) is 11.6 Å². The summed E-state index contributed by atoms with van der Waals surface area (Å²) in [7, 11) is 0. The zero-order valence-corrected chi connectivity index (χ0v) is 15.1. The van der Waals surface area contributed by atoms with E-state index in [2.05, 4.69) is 10.1 Å². The molecule has 2 heterocycles. The molecular formula is C21H13ClF2N2O2. The van der Waals surface area contributed by atoms with E-state index in [1.807, 2.05) is 0 Å². The zero-order chi connectivity index (χ0) is 19.7. The maximum atomic E-state index is 14.4. The Bertz CT molecular complexity index is 1130. The third-order valence-corrected chi connectivity index (χ3v) is 4.51. The van der Waals surface area contributed by atoms with Crippen LogP contribution in [0.15, 0.2) is 71.5 Å². The lowest BCUT2D eigenvalue weighted by molar-refractivity contribution is 0.220. The van der Waals surface area contributed by atoms with Gasteiger partial charge in [-0.05, 0) is 30.3 Å². The monoisotopic (exact) mass is 398 g/mol. The van der Waals surface area contributed by atoms with Gasteiger partial charge in [0.05, 0.1) is 5.56 Å². The van der Waals surface area contributed by atoms with Crippen molar-refractivity contribution in [1.82, 2.24) is 10.1 Å². The third kappa shape index (κ3) is 3.40. The highest BCUT2D eigenvalue weighted by molar-refractivity contribution is 6.30. The molecule has 0 radical (unpaired) electrons. The summed E-state index contributed by atoms with van der Waals surface area (Å²) < 4.78 is 33.2. The summed E-state index contributed by atoms with van der Waals surface area (Å²) >= 11 is 6.07. The smallest absolute Gasteiger partial charge is 0.173 e. The van der Waals surface area contributed by atoms with E-state index < -0.39 is 17.7 Å². The molecule has 0 aliphatic carbocycles. The number of halogens is 3. The van der Waals surface area contributed by atoms with E-state index in [-0.39, 0.29) is 22.6 Å². The van der Waals surface area contributed by atoms with Crippen molar-refractivity contribution in [3.05, 3.63) is 94.8 Å². The predicted octanol–water partition coefficient (Wildman–Crippen LogP) is 5.42. The van der Waals surface area contributed by atoms with E-state index in [4.69, 9.17) is 16.1 Å². The van der Waals surface area contributed by atoms with Crippen LogP contribution in [0.5, 0.6) is 0 Å². The molecule has 0 fully saturated rings. The van der Waals surface area contributed by atoms with Gasteiger partial charge in [0.25, 0.3) is 0 Å². The van der Waals surface area contributed by atoms with Crippen molar-refractivity contribution in [2.45, 2.75) is 6.10 Å². The molecule has 0 amide bonds. The molecular weight excluding hydrogens is 386 g/mol. The van der Waals surface area contributed by atoms with Crippen LogP contribution < -0.4 is 0 Å². The minimum Gasteiger partial charge on any atom is -0.383 e. The summed E-state index contributed by atoms with van der Waals surface area (Å²) in [6, 6.07) is 13.3. The lowest BCUT2D eigenvalue weighted by Gasteiger charge is -2.13. The van der Waals surface area contributed by atoms with Crippen LogP contribution in [0.4, 0.5) is 8.78 Å². The topological polar surface area (TPSA) is 59.2 Å². The van der Waals surface area contributed by atoms with Crippen LogP contribution in [0.1, 0.15) is 17.2 Å². The molecule has 0 bridgehead atoms. The van der Waals surface area contributed by atoms with E-state index in [9.17, 15) is 13.9 Å². The second-order valence-electron chi connectivity index (χ2n) is 6.10. The molecule has 4 aromatic rings. The molecule has 0 aliphatic heterocycles. The Hall–Kier alpha value is -3.09. The Balaban J connectivity index is 1.94. The summed E-state index contributed by atoms with van der Waals surface area (Å²) in [6.07, 6.45) is 1.86. The Kier molecular flexibility index (Phi) is 4.90. The molecule has 7 heteroatoms. The van der Waals surface area contributed by atoms with Gasteiger partial charge in [0, 0.05) is 40.2 Å². The first kappa shape index (κ1) is 18.3. The molecule has 2 aromatic heterocycles. The quantitative estimate of drug-likeness (QED) is 0.499. The summed E-state index contributed by atoms with van der Waals surface area (Å²) in [6.45, 7) is 0. The van der Waals surface area contributed by atoms with Crippen LogP contribution in [0.2, 0.25) is 5.02 Å². The van der Waals surface area contributed by atoms with E-state index in [0.29, 0.717) is 16.1 Å². The van der Waals surface area contributed by atoms with E-state index in [1.54, 1.807) is 42.6 Å². The number of aliphatic hydroxyl groups is 1. The number of aromatic nitrogens is 2. The van der Waals surface area contributed by atoms with Crippen molar-refractivity contribution in [3.8, 4) is 22.6 Å². The fourth-order valence-corrected chi connectivity index (χ4v) is 3.16. The van der Waals surface area contributed by atoms with Crippen molar-refractivity contribution >= 4 is 11.6 Å². The molecule has 1 unspecified atom stereocenters. The van der Waals surface area contributed by atoms with Gasteiger partial charge in [-0.25, -0.2) is 8.78 Å². The number of rotatable bonds is 4. The number of nitrogens with zero attached hydrogens (tertiary/aromatic N) is 2. The van der Waals surface area contributed by atoms with Crippen molar-refractivity contribution in [1.29, 1.82) is 0 Å². The Labute approximate surface area is 164 Å². The molecule has 140 valence electrons. The highest BCUT2D eigenvalue weighted by Crippen LogP contribution is 2.40. The summed E-state index contributed by atoms with van der Waals surface area (Å²) in [5.41, 5.74) is 1.35. The van der Waals surface area contributed by atoms with Gasteiger partial charge in [0.2, 0.25) is 0 Å². The number of hydrogen-bond donors (Lipinski definition) is 1. The van der Waals surface area contributed by atoms with Crippen LogP contribution in [-0.2, 0) is 0 Å². The molecule has 0 saturated heterocycles. The number of hydrogen-bond acceptors (Lipinski definition) is 4. The normalized spacial score (nSPS) is 12.1. The standard InChI is InChI=1S/C21H13ClF2N2O2/c22-14-5-1-3-12(9-14)21-18(20(27)13-4-2-8-25-11-13)19(26-28-21)16-7-6-15(23)10-17(16)24/h1-11,20,27H. The first-order chi connectivity index (χ1) is 13.5. The average molecular weight is 399 g/mol. The fourth-order valence-electron chi connectivity index (χ4n) is 2.97. The molecule has 28 heavy (non-hydrogen) atoms. The molecule has 4 nitrogen and oxygen atoms in total. The largest absolute Gasteiger partial charge is 0.383 e. The van der Waals surface area contributed by atoms with Crippen LogP contribution >= 0.6 is 11.6 Å². The van der Waals surface area contributed by atoms with E-state index >= 15 is 0 Å². The van der Waals surface area contributed by atoms with Gasteiger partial charge in [-0.3, -0.25) is 4.98 Å². The Morgan fingerprint density at radius 2 is 1.89 bits per heavy atom. The summed E-state index contributed by atoms with van der Waals surface area (Å²) in [5.74, 6) is -1.29. The molecule has 0 spiro atoms. The van der Waals surface area contributed by atoms with Crippen LogP contribution in [0.25, 0.3) is 22.6 Å². The van der Waals surface area contributed by atoms with Gasteiger partial charge in [0.1, 0.15) is 23.4 Å². The van der Waals surface area contributed by atoms with Crippen molar-refractivity contribution in [2.24, 2.45) is 0 Å². The first-order valence-corrected chi connectivity index (χ1v) is 8.71. The van der Waals surface area contributed by atoms with Crippen LogP contribution in [-0.4, -0.2) is 15.2 Å². The van der Waals surface area contributed by atoms with Gasteiger partial charge >= 0.3 is 0 Å². The van der Waals surface area contributed by atoms with Gasteiger partial charge in [-0.2, -0.15) is 0 Å². The highest BCUT2D eigenvalue weighted by atomic mass is 35.5. The lowest BCUT2D eigenvalue weighted by atomic mass is 9.94. The van der Waals surface area contributed by atoms with Crippen LogP contribution in [0.3, 0.4) is 0 Å². The highest BCUT2D eigenvalue weighted by Gasteiger charge is 2.28. The fraction of sp³-hybridized carbons (Fsp3) is 0.0476. The van der Waals surface area contributed by atoms with Gasteiger partial charge in [-0.1, -0.05) is 35.0 Å². The van der Waals surface area contributed by atoms with E-state index in [0.717, 1.165) is 12.1 Å². The maximum Gasteiger partial charge on any atom is 0.173 e. The van der Waals surface area contributed by atoms with Crippen molar-refractivity contribution in [3.63, 3.8) is 0 Å². The minimum absolute atomic E-state index is 0.0105. The van der Waals surface area contributed by atoms with Crippen molar-refractivity contribution < 1.29 is 18.4 Å². The maximum absolute atomic E-state index is 14.4. The molecule has 1 N–H and O–H groups in total. The van der Waals surface area contributed by atoms with Gasteiger partial charge in [-0.15, -0.1) is 0 Å². The predicted molar refractivity (Wildman–Crippen MR) is 101 cm³/mol. The molecule has 0 saturated carbocycles. The zero-order valence-electron chi connectivity index (χ0n) is 14.3. The van der Waals surface area contributed by atoms with Crippen molar-refractivity contribution in [2.75, 3.05) is 0 Å².